The predicted molar refractivity (Wildman–Crippen MR) is 113 cm³/mol. The van der Waals surface area contributed by atoms with E-state index < -0.39 is 0 Å². The molecule has 0 aromatic heterocycles. The topological polar surface area (TPSA) is 84.0 Å². The lowest BCUT2D eigenvalue weighted by Gasteiger charge is -2.13. The van der Waals surface area contributed by atoms with E-state index in [0.717, 1.165) is 44.2 Å². The van der Waals surface area contributed by atoms with Crippen molar-refractivity contribution in [2.75, 3.05) is 44.8 Å². The summed E-state index contributed by atoms with van der Waals surface area (Å²) in [4.78, 5) is 16.5. The summed E-state index contributed by atoms with van der Waals surface area (Å²) >= 11 is 5.84. The number of carbonyl (C=O) groups excluding carboxylic acids is 1. The molecule has 1 aromatic rings. The maximum absolute atomic E-state index is 12.0. The van der Waals surface area contributed by atoms with Crippen molar-refractivity contribution in [2.24, 2.45) is 4.99 Å². The van der Waals surface area contributed by atoms with E-state index in [4.69, 9.17) is 21.1 Å². The fraction of sp³-hybridized carbons (Fsp3) is 0.600. The molecule has 1 aliphatic rings. The number of halogens is 1. The van der Waals surface area contributed by atoms with Gasteiger partial charge in [-0.3, -0.25) is 9.79 Å². The molecule has 0 saturated carbocycles. The lowest BCUT2D eigenvalue weighted by Crippen LogP contribution is -2.38. The first kappa shape index (κ1) is 22.5. The normalized spacial score (nSPS) is 16.8. The van der Waals surface area contributed by atoms with Crippen molar-refractivity contribution in [3.63, 3.8) is 0 Å². The molecular weight excluding hydrogens is 380 g/mol. The highest BCUT2D eigenvalue weighted by atomic mass is 35.5. The van der Waals surface area contributed by atoms with E-state index in [1.807, 2.05) is 6.92 Å². The number of carbonyl (C=O) groups is 1. The Morgan fingerprint density at radius 1 is 1.29 bits per heavy atom. The van der Waals surface area contributed by atoms with Gasteiger partial charge in [0.25, 0.3) is 0 Å². The van der Waals surface area contributed by atoms with Gasteiger partial charge in [0.1, 0.15) is 0 Å². The van der Waals surface area contributed by atoms with Crippen LogP contribution in [0.4, 0.5) is 5.69 Å². The molecular formula is C20H31ClN4O3. The van der Waals surface area contributed by atoms with Crippen molar-refractivity contribution in [1.82, 2.24) is 10.6 Å². The molecule has 8 heteroatoms. The van der Waals surface area contributed by atoms with Crippen LogP contribution >= 0.6 is 11.6 Å². The minimum atomic E-state index is -0.0245. The van der Waals surface area contributed by atoms with E-state index in [2.05, 4.69) is 20.9 Å². The zero-order valence-electron chi connectivity index (χ0n) is 16.5. The van der Waals surface area contributed by atoms with E-state index in [1.165, 1.54) is 0 Å². The smallest absolute Gasteiger partial charge is 0.224 e. The summed E-state index contributed by atoms with van der Waals surface area (Å²) in [6.45, 7) is 6.42. The molecule has 3 N–H and O–H groups in total. The van der Waals surface area contributed by atoms with Gasteiger partial charge in [0.05, 0.1) is 12.7 Å². The monoisotopic (exact) mass is 410 g/mol. The van der Waals surface area contributed by atoms with Crippen LogP contribution in [0.1, 0.15) is 32.6 Å². The number of guanidine groups is 1. The number of ether oxygens (including phenoxy) is 2. The number of anilines is 1. The van der Waals surface area contributed by atoms with E-state index in [9.17, 15) is 4.79 Å². The molecule has 0 bridgehead atoms. The average molecular weight is 411 g/mol. The highest BCUT2D eigenvalue weighted by Gasteiger charge is 2.15. The Morgan fingerprint density at radius 3 is 2.82 bits per heavy atom. The Labute approximate surface area is 172 Å². The number of benzene rings is 1. The molecule has 1 heterocycles. The van der Waals surface area contributed by atoms with Gasteiger partial charge < -0.3 is 25.4 Å². The molecule has 1 saturated heterocycles. The largest absolute Gasteiger partial charge is 0.379 e. The number of nitrogens with zero attached hydrogens (tertiary/aromatic N) is 1. The van der Waals surface area contributed by atoms with Crippen LogP contribution < -0.4 is 16.0 Å². The second-order valence-corrected chi connectivity index (χ2v) is 6.99. The Bertz CT molecular complexity index is 604. The maximum Gasteiger partial charge on any atom is 0.224 e. The van der Waals surface area contributed by atoms with Crippen LogP contribution in [0, 0.1) is 0 Å². The second kappa shape index (κ2) is 13.4. The minimum absolute atomic E-state index is 0.0245. The van der Waals surface area contributed by atoms with Gasteiger partial charge in [-0.25, -0.2) is 0 Å². The standard InChI is InChI=1S/C20H31ClN4O3/c1-2-22-20(24-12-4-13-28-18-10-14-27-15-18)23-11-3-5-19(26)25-17-8-6-16(21)7-9-17/h6-9,18H,2-5,10-15H2,1H3,(H,25,26)(H2,22,23,24). The number of aliphatic imine (C=N–C) groups is 1. The fourth-order valence-corrected chi connectivity index (χ4v) is 2.83. The van der Waals surface area contributed by atoms with Gasteiger partial charge in [-0.05, 0) is 50.5 Å². The number of hydrogen-bond acceptors (Lipinski definition) is 4. The number of nitrogens with one attached hydrogen (secondary N) is 3. The van der Waals surface area contributed by atoms with Gasteiger partial charge in [0.2, 0.25) is 5.91 Å². The van der Waals surface area contributed by atoms with Crippen LogP contribution in [0.5, 0.6) is 0 Å². The summed E-state index contributed by atoms with van der Waals surface area (Å²) in [6, 6.07) is 7.08. The fourth-order valence-electron chi connectivity index (χ4n) is 2.70. The minimum Gasteiger partial charge on any atom is -0.379 e. The highest BCUT2D eigenvalue weighted by molar-refractivity contribution is 6.30. The summed E-state index contributed by atoms with van der Waals surface area (Å²) in [7, 11) is 0. The van der Waals surface area contributed by atoms with Gasteiger partial charge >= 0.3 is 0 Å². The number of hydrogen-bond donors (Lipinski definition) is 3. The molecule has 1 aromatic carbocycles. The summed E-state index contributed by atoms with van der Waals surface area (Å²) in [5, 5.41) is 10.0. The summed E-state index contributed by atoms with van der Waals surface area (Å²) in [6.07, 6.45) is 3.25. The molecule has 156 valence electrons. The van der Waals surface area contributed by atoms with E-state index in [-0.39, 0.29) is 12.0 Å². The number of rotatable bonds is 11. The lowest BCUT2D eigenvalue weighted by molar-refractivity contribution is -0.116. The molecule has 0 aliphatic carbocycles. The SMILES string of the molecule is CCNC(=NCCCC(=O)Nc1ccc(Cl)cc1)NCCCOC1CCOC1. The van der Waals surface area contributed by atoms with Crippen LogP contribution in [0.15, 0.2) is 29.3 Å². The van der Waals surface area contributed by atoms with Crippen molar-refractivity contribution in [1.29, 1.82) is 0 Å². The van der Waals surface area contributed by atoms with Gasteiger partial charge in [-0.1, -0.05) is 11.6 Å². The molecule has 2 rings (SSSR count). The first-order valence-corrected chi connectivity index (χ1v) is 10.3. The third-order valence-electron chi connectivity index (χ3n) is 4.16. The van der Waals surface area contributed by atoms with Crippen molar-refractivity contribution < 1.29 is 14.3 Å². The van der Waals surface area contributed by atoms with Crippen molar-refractivity contribution in [3.05, 3.63) is 29.3 Å². The third kappa shape index (κ3) is 9.39. The summed E-state index contributed by atoms with van der Waals surface area (Å²) in [5.41, 5.74) is 0.749. The molecule has 1 aliphatic heterocycles. The lowest BCUT2D eigenvalue weighted by atomic mass is 10.2. The Balaban J connectivity index is 1.58. The third-order valence-corrected chi connectivity index (χ3v) is 4.41. The van der Waals surface area contributed by atoms with Crippen molar-refractivity contribution in [2.45, 2.75) is 38.7 Å². The molecule has 0 spiro atoms. The molecule has 1 amide bonds. The predicted octanol–water partition coefficient (Wildman–Crippen LogP) is 2.81. The van der Waals surface area contributed by atoms with Crippen LogP contribution in [0.25, 0.3) is 0 Å². The van der Waals surface area contributed by atoms with Gasteiger partial charge in [-0.15, -0.1) is 0 Å². The molecule has 28 heavy (non-hydrogen) atoms. The molecule has 1 unspecified atom stereocenters. The maximum atomic E-state index is 12.0. The highest BCUT2D eigenvalue weighted by Crippen LogP contribution is 2.13. The Kier molecular flexibility index (Phi) is 10.7. The Hall–Kier alpha value is -1.83. The van der Waals surface area contributed by atoms with E-state index >= 15 is 0 Å². The molecule has 0 radical (unpaired) electrons. The first-order chi connectivity index (χ1) is 13.7. The number of amides is 1. The summed E-state index contributed by atoms with van der Waals surface area (Å²) in [5.74, 6) is 0.744. The molecule has 1 fully saturated rings. The van der Waals surface area contributed by atoms with Crippen LogP contribution in [0.3, 0.4) is 0 Å². The van der Waals surface area contributed by atoms with Crippen LogP contribution in [0.2, 0.25) is 5.02 Å². The van der Waals surface area contributed by atoms with Gasteiger partial charge in [-0.2, -0.15) is 0 Å². The Morgan fingerprint density at radius 2 is 2.11 bits per heavy atom. The van der Waals surface area contributed by atoms with Crippen molar-refractivity contribution in [3.8, 4) is 0 Å². The van der Waals surface area contributed by atoms with Gasteiger partial charge in [0.15, 0.2) is 5.96 Å². The van der Waals surface area contributed by atoms with E-state index in [0.29, 0.717) is 37.6 Å². The average Bonchev–Trinajstić information content (AvgIpc) is 3.20. The first-order valence-electron chi connectivity index (χ1n) is 9.94. The van der Waals surface area contributed by atoms with E-state index in [1.54, 1.807) is 24.3 Å². The molecule has 7 nitrogen and oxygen atoms in total. The van der Waals surface area contributed by atoms with Crippen LogP contribution in [-0.4, -0.2) is 57.4 Å². The van der Waals surface area contributed by atoms with Crippen LogP contribution in [-0.2, 0) is 14.3 Å². The van der Waals surface area contributed by atoms with Gasteiger partial charge in [0, 0.05) is 50.0 Å². The molecule has 1 atom stereocenters. The summed E-state index contributed by atoms with van der Waals surface area (Å²) < 4.78 is 11.0. The zero-order chi connectivity index (χ0) is 20.0. The zero-order valence-corrected chi connectivity index (χ0v) is 17.3. The second-order valence-electron chi connectivity index (χ2n) is 6.56. The van der Waals surface area contributed by atoms with Crippen molar-refractivity contribution >= 4 is 29.2 Å². The quantitative estimate of drug-likeness (QED) is 0.297.